The first-order valence-electron chi connectivity index (χ1n) is 11.1. The molecular weight excluding hydrogens is 470 g/mol. The van der Waals surface area contributed by atoms with Crippen LogP contribution in [-0.2, 0) is 0 Å². The first kappa shape index (κ1) is 22.5. The highest BCUT2D eigenvalue weighted by molar-refractivity contribution is 9.10. The number of nitrogens with zero attached hydrogens (tertiary/aromatic N) is 3. The van der Waals surface area contributed by atoms with Crippen LogP contribution in [0.5, 0.6) is 11.5 Å². The van der Waals surface area contributed by atoms with Gasteiger partial charge in [-0.1, -0.05) is 31.4 Å². The summed E-state index contributed by atoms with van der Waals surface area (Å²) in [5.41, 5.74) is 1.37. The van der Waals surface area contributed by atoms with Gasteiger partial charge in [0.15, 0.2) is 11.5 Å². The number of halogens is 1. The van der Waals surface area contributed by atoms with Crippen molar-refractivity contribution in [3.05, 3.63) is 62.6 Å². The van der Waals surface area contributed by atoms with Crippen molar-refractivity contribution in [2.24, 2.45) is 5.10 Å². The van der Waals surface area contributed by atoms with E-state index in [4.69, 9.17) is 14.5 Å². The molecule has 6 nitrogen and oxygen atoms in total. The van der Waals surface area contributed by atoms with Crippen LogP contribution in [0, 0.1) is 0 Å². The molecule has 0 amide bonds. The van der Waals surface area contributed by atoms with E-state index in [1.807, 2.05) is 44.2 Å². The summed E-state index contributed by atoms with van der Waals surface area (Å²) in [6, 6.07) is 11.2. The smallest absolute Gasteiger partial charge is 0.282 e. The SMILES string of the molecule is COc1cc(C=Nn2c(C3CCCCC3)nc3ccccc3c2=O)c(Br)cc1OC(C)C. The van der Waals surface area contributed by atoms with E-state index in [2.05, 4.69) is 21.0 Å². The van der Waals surface area contributed by atoms with Gasteiger partial charge in [0, 0.05) is 16.0 Å². The molecule has 0 atom stereocenters. The van der Waals surface area contributed by atoms with Crippen molar-refractivity contribution < 1.29 is 9.47 Å². The Labute approximate surface area is 196 Å². The maximum Gasteiger partial charge on any atom is 0.282 e. The van der Waals surface area contributed by atoms with Crippen molar-refractivity contribution in [3.63, 3.8) is 0 Å². The van der Waals surface area contributed by atoms with E-state index in [0.717, 1.165) is 47.1 Å². The molecule has 1 aliphatic rings. The molecule has 1 aromatic heterocycles. The van der Waals surface area contributed by atoms with Crippen molar-refractivity contribution >= 4 is 33.0 Å². The summed E-state index contributed by atoms with van der Waals surface area (Å²) in [5, 5.41) is 5.19. The van der Waals surface area contributed by atoms with Crippen molar-refractivity contribution in [3.8, 4) is 11.5 Å². The third-order valence-corrected chi connectivity index (χ3v) is 6.39. The normalized spacial score (nSPS) is 15.0. The fraction of sp³-hybridized carbons (Fsp3) is 0.400. The van der Waals surface area contributed by atoms with Crippen molar-refractivity contribution in [2.75, 3.05) is 7.11 Å². The third-order valence-electron chi connectivity index (χ3n) is 5.71. The Morgan fingerprint density at radius 1 is 1.16 bits per heavy atom. The summed E-state index contributed by atoms with van der Waals surface area (Å²) in [5.74, 6) is 2.24. The molecule has 4 rings (SSSR count). The molecule has 168 valence electrons. The van der Waals surface area contributed by atoms with Gasteiger partial charge < -0.3 is 9.47 Å². The lowest BCUT2D eigenvalue weighted by molar-refractivity contribution is 0.230. The highest BCUT2D eigenvalue weighted by Crippen LogP contribution is 2.34. The molecule has 32 heavy (non-hydrogen) atoms. The summed E-state index contributed by atoms with van der Waals surface area (Å²) in [6.07, 6.45) is 7.29. The van der Waals surface area contributed by atoms with Crippen LogP contribution in [0.2, 0.25) is 0 Å². The fourth-order valence-electron chi connectivity index (χ4n) is 4.15. The Kier molecular flexibility index (Phi) is 6.94. The van der Waals surface area contributed by atoms with Crippen LogP contribution in [0.25, 0.3) is 10.9 Å². The Hall–Kier alpha value is -2.67. The van der Waals surface area contributed by atoms with Crippen LogP contribution in [0.3, 0.4) is 0 Å². The monoisotopic (exact) mass is 497 g/mol. The van der Waals surface area contributed by atoms with Gasteiger partial charge in [0.05, 0.1) is 30.3 Å². The molecule has 2 aromatic carbocycles. The zero-order valence-electron chi connectivity index (χ0n) is 18.7. The van der Waals surface area contributed by atoms with Gasteiger partial charge in [0.1, 0.15) is 5.82 Å². The minimum absolute atomic E-state index is 0.0237. The molecule has 0 N–H and O–H groups in total. The molecule has 0 spiro atoms. The van der Waals surface area contributed by atoms with Gasteiger partial charge in [-0.05, 0) is 66.9 Å². The molecule has 1 heterocycles. The predicted molar refractivity (Wildman–Crippen MR) is 131 cm³/mol. The summed E-state index contributed by atoms with van der Waals surface area (Å²) in [4.78, 5) is 18.2. The number of hydrogen-bond donors (Lipinski definition) is 0. The number of hydrogen-bond acceptors (Lipinski definition) is 5. The van der Waals surface area contributed by atoms with E-state index < -0.39 is 0 Å². The van der Waals surface area contributed by atoms with E-state index in [9.17, 15) is 4.79 Å². The Bertz CT molecular complexity index is 1200. The number of ether oxygens (including phenoxy) is 2. The molecule has 0 saturated heterocycles. The lowest BCUT2D eigenvalue weighted by Gasteiger charge is -2.22. The molecular formula is C25H28BrN3O3. The van der Waals surface area contributed by atoms with Gasteiger partial charge in [0.2, 0.25) is 0 Å². The standard InChI is InChI=1S/C25H28BrN3O3/c1-16(2)32-23-14-20(26)18(13-22(23)31-3)15-27-29-24(17-9-5-4-6-10-17)28-21-12-8-7-11-19(21)25(29)30/h7-8,11-17H,4-6,9-10H2,1-3H3. The lowest BCUT2D eigenvalue weighted by atomic mass is 9.88. The van der Waals surface area contributed by atoms with Gasteiger partial charge in [0.25, 0.3) is 5.56 Å². The number of methoxy groups -OCH3 is 1. The van der Waals surface area contributed by atoms with Crippen molar-refractivity contribution in [1.29, 1.82) is 0 Å². The van der Waals surface area contributed by atoms with Gasteiger partial charge in [-0.25, -0.2) is 4.98 Å². The Morgan fingerprint density at radius 3 is 2.62 bits per heavy atom. The minimum Gasteiger partial charge on any atom is -0.493 e. The predicted octanol–water partition coefficient (Wildman–Crippen LogP) is 5.88. The largest absolute Gasteiger partial charge is 0.493 e. The molecule has 3 aromatic rings. The van der Waals surface area contributed by atoms with Crippen LogP contribution in [0.1, 0.15) is 63.3 Å². The summed E-state index contributed by atoms with van der Waals surface area (Å²) < 4.78 is 13.6. The van der Waals surface area contributed by atoms with Gasteiger partial charge in [-0.15, -0.1) is 0 Å². The molecule has 1 fully saturated rings. The number of para-hydroxylation sites is 1. The van der Waals surface area contributed by atoms with Gasteiger partial charge in [-0.3, -0.25) is 4.79 Å². The second kappa shape index (κ2) is 9.86. The lowest BCUT2D eigenvalue weighted by Crippen LogP contribution is -2.25. The third kappa shape index (κ3) is 4.72. The van der Waals surface area contributed by atoms with E-state index in [0.29, 0.717) is 16.9 Å². The molecule has 0 bridgehead atoms. The Morgan fingerprint density at radius 2 is 1.91 bits per heavy atom. The molecule has 0 radical (unpaired) electrons. The second-order valence-corrected chi connectivity index (χ2v) is 9.23. The second-order valence-electron chi connectivity index (χ2n) is 8.37. The van der Waals surface area contributed by atoms with Gasteiger partial charge in [-0.2, -0.15) is 9.78 Å². The average molecular weight is 498 g/mol. The topological polar surface area (TPSA) is 65.7 Å². The minimum atomic E-state index is -0.143. The van der Waals surface area contributed by atoms with E-state index >= 15 is 0 Å². The highest BCUT2D eigenvalue weighted by atomic mass is 79.9. The molecule has 7 heteroatoms. The summed E-state index contributed by atoms with van der Waals surface area (Å²) in [6.45, 7) is 3.93. The maximum absolute atomic E-state index is 13.3. The van der Waals surface area contributed by atoms with Crippen molar-refractivity contribution in [2.45, 2.75) is 58.0 Å². The van der Waals surface area contributed by atoms with Crippen LogP contribution in [0.4, 0.5) is 0 Å². The van der Waals surface area contributed by atoms with E-state index in [1.54, 1.807) is 19.4 Å². The van der Waals surface area contributed by atoms with E-state index in [-0.39, 0.29) is 17.6 Å². The van der Waals surface area contributed by atoms with E-state index in [1.165, 1.54) is 11.1 Å². The molecule has 1 aliphatic carbocycles. The maximum atomic E-state index is 13.3. The van der Waals surface area contributed by atoms with Crippen molar-refractivity contribution in [1.82, 2.24) is 9.66 Å². The zero-order valence-corrected chi connectivity index (χ0v) is 20.3. The Balaban J connectivity index is 1.80. The average Bonchev–Trinajstić information content (AvgIpc) is 2.79. The number of rotatable bonds is 6. The first-order chi connectivity index (χ1) is 15.5. The van der Waals surface area contributed by atoms with Gasteiger partial charge >= 0.3 is 0 Å². The molecule has 0 aliphatic heterocycles. The summed E-state index contributed by atoms with van der Waals surface area (Å²) in [7, 11) is 1.61. The fourth-order valence-corrected chi connectivity index (χ4v) is 4.58. The van der Waals surface area contributed by atoms with Crippen LogP contribution < -0.4 is 15.0 Å². The van der Waals surface area contributed by atoms with Crippen LogP contribution >= 0.6 is 15.9 Å². The molecule has 1 saturated carbocycles. The van der Waals surface area contributed by atoms with Crippen LogP contribution in [-0.4, -0.2) is 29.1 Å². The number of fused-ring (bicyclic) bond motifs is 1. The quantitative estimate of drug-likeness (QED) is 0.398. The zero-order chi connectivity index (χ0) is 22.7. The first-order valence-corrected chi connectivity index (χ1v) is 11.9. The highest BCUT2D eigenvalue weighted by Gasteiger charge is 2.22. The molecule has 0 unspecified atom stereocenters. The number of benzene rings is 2. The van der Waals surface area contributed by atoms with Crippen LogP contribution in [0.15, 0.2) is 50.8 Å². The number of aromatic nitrogens is 2. The summed E-state index contributed by atoms with van der Waals surface area (Å²) >= 11 is 3.60.